The lowest BCUT2D eigenvalue weighted by Crippen LogP contribution is -2.25. The zero-order valence-corrected chi connectivity index (χ0v) is 14.1. The van der Waals surface area contributed by atoms with Crippen molar-refractivity contribution in [2.45, 2.75) is 26.1 Å². The Kier molecular flexibility index (Phi) is 5.12. The molecule has 0 fully saturated rings. The molecule has 10 heteroatoms. The smallest absolute Gasteiger partial charge is 0.351 e. The van der Waals surface area contributed by atoms with Crippen molar-refractivity contribution in [1.82, 2.24) is 24.9 Å². The second kappa shape index (κ2) is 6.73. The van der Waals surface area contributed by atoms with E-state index in [1.54, 1.807) is 4.68 Å². The number of carbonyl (C=O) groups excluding carboxylic acids is 1. The molecule has 126 valence electrons. The molecule has 2 rings (SSSR count). The van der Waals surface area contributed by atoms with Crippen LogP contribution in [0.15, 0.2) is 16.7 Å². The van der Waals surface area contributed by atoms with Crippen molar-refractivity contribution >= 4 is 21.8 Å². The molecule has 0 aliphatic rings. The molecule has 0 aliphatic heterocycles. The van der Waals surface area contributed by atoms with Crippen molar-refractivity contribution in [1.29, 1.82) is 0 Å². The number of aromatic nitrogens is 4. The second-order valence-corrected chi connectivity index (χ2v) is 5.83. The molecule has 0 saturated carbocycles. The third kappa shape index (κ3) is 4.34. The third-order valence-corrected chi connectivity index (χ3v) is 3.92. The summed E-state index contributed by atoms with van der Waals surface area (Å²) < 4.78 is 41.2. The normalized spacial score (nSPS) is 11.7. The van der Waals surface area contributed by atoms with Crippen molar-refractivity contribution < 1.29 is 18.0 Å². The van der Waals surface area contributed by atoms with Crippen LogP contribution in [0.3, 0.4) is 0 Å². The first-order valence-corrected chi connectivity index (χ1v) is 7.57. The van der Waals surface area contributed by atoms with E-state index in [0.29, 0.717) is 24.2 Å². The highest BCUT2D eigenvalue weighted by Gasteiger charge is 2.35. The van der Waals surface area contributed by atoms with Crippen LogP contribution in [-0.2, 0) is 19.8 Å². The van der Waals surface area contributed by atoms with Gasteiger partial charge < -0.3 is 5.32 Å². The van der Waals surface area contributed by atoms with Crippen molar-refractivity contribution in [2.24, 2.45) is 7.05 Å². The Hall–Kier alpha value is -1.84. The van der Waals surface area contributed by atoms with Gasteiger partial charge in [0.1, 0.15) is 5.69 Å². The van der Waals surface area contributed by atoms with Crippen LogP contribution in [0.4, 0.5) is 13.2 Å². The standard InChI is InChI=1S/C13H15BrF3N5O/c1-8-9(14)7-22(19-8)5-3-4-18-12(23)10-6-11(13(15,16)17)21(2)20-10/h6-7H,3-5H2,1-2H3,(H,18,23). The van der Waals surface area contributed by atoms with E-state index in [9.17, 15) is 18.0 Å². The van der Waals surface area contributed by atoms with Crippen molar-refractivity contribution in [2.75, 3.05) is 6.54 Å². The number of nitrogens with zero attached hydrogens (tertiary/aromatic N) is 4. The first kappa shape index (κ1) is 17.5. The summed E-state index contributed by atoms with van der Waals surface area (Å²) in [5, 5.41) is 10.4. The topological polar surface area (TPSA) is 64.7 Å². The van der Waals surface area contributed by atoms with Gasteiger partial charge in [-0.25, -0.2) is 0 Å². The minimum atomic E-state index is -4.54. The summed E-state index contributed by atoms with van der Waals surface area (Å²) in [6.07, 6.45) is -2.12. The maximum Gasteiger partial charge on any atom is 0.433 e. The molecule has 2 aromatic rings. The Balaban J connectivity index is 1.85. The molecule has 0 saturated heterocycles. The van der Waals surface area contributed by atoms with Crippen LogP contribution in [0.2, 0.25) is 0 Å². The summed E-state index contributed by atoms with van der Waals surface area (Å²) in [6, 6.07) is 0.739. The molecular weight excluding hydrogens is 379 g/mol. The van der Waals surface area contributed by atoms with Gasteiger partial charge in [0.15, 0.2) is 5.69 Å². The Bertz CT molecular complexity index is 688. The molecule has 2 aromatic heterocycles. The molecule has 23 heavy (non-hydrogen) atoms. The highest BCUT2D eigenvalue weighted by atomic mass is 79.9. The zero-order chi connectivity index (χ0) is 17.2. The minimum Gasteiger partial charge on any atom is -0.351 e. The Morgan fingerprint density at radius 1 is 1.39 bits per heavy atom. The largest absolute Gasteiger partial charge is 0.433 e. The molecule has 0 spiro atoms. The second-order valence-electron chi connectivity index (χ2n) is 4.97. The average Bonchev–Trinajstić information content (AvgIpc) is 2.98. The maximum absolute atomic E-state index is 12.6. The number of halogens is 4. The van der Waals surface area contributed by atoms with Crippen LogP contribution in [0.1, 0.15) is 28.3 Å². The maximum atomic E-state index is 12.6. The quantitative estimate of drug-likeness (QED) is 0.793. The van der Waals surface area contributed by atoms with Gasteiger partial charge in [0.05, 0.1) is 10.2 Å². The fraction of sp³-hybridized carbons (Fsp3) is 0.462. The van der Waals surface area contributed by atoms with Gasteiger partial charge in [-0.3, -0.25) is 14.2 Å². The molecule has 0 radical (unpaired) electrons. The van der Waals surface area contributed by atoms with Crippen LogP contribution >= 0.6 is 15.9 Å². The van der Waals surface area contributed by atoms with E-state index in [1.807, 2.05) is 13.1 Å². The molecule has 0 atom stereocenters. The van der Waals surface area contributed by atoms with Gasteiger partial charge in [0, 0.05) is 32.4 Å². The number of carbonyl (C=O) groups is 1. The number of amides is 1. The lowest BCUT2D eigenvalue weighted by atomic mass is 10.3. The van der Waals surface area contributed by atoms with Gasteiger partial charge >= 0.3 is 6.18 Å². The average molecular weight is 394 g/mol. The van der Waals surface area contributed by atoms with Crippen LogP contribution in [-0.4, -0.2) is 32.0 Å². The first-order valence-electron chi connectivity index (χ1n) is 6.77. The van der Waals surface area contributed by atoms with Crippen molar-refractivity contribution in [3.63, 3.8) is 0 Å². The number of hydrogen-bond acceptors (Lipinski definition) is 3. The lowest BCUT2D eigenvalue weighted by Gasteiger charge is -2.04. The number of rotatable bonds is 5. The summed E-state index contributed by atoms with van der Waals surface area (Å²) >= 11 is 3.35. The SMILES string of the molecule is Cc1nn(CCCNC(=O)c2cc(C(F)(F)F)n(C)n2)cc1Br. The van der Waals surface area contributed by atoms with E-state index in [2.05, 4.69) is 31.4 Å². The van der Waals surface area contributed by atoms with E-state index >= 15 is 0 Å². The van der Waals surface area contributed by atoms with E-state index in [0.717, 1.165) is 23.3 Å². The lowest BCUT2D eigenvalue weighted by molar-refractivity contribution is -0.143. The van der Waals surface area contributed by atoms with Gasteiger partial charge in [-0.05, 0) is 29.3 Å². The van der Waals surface area contributed by atoms with E-state index in [-0.39, 0.29) is 5.69 Å². The summed E-state index contributed by atoms with van der Waals surface area (Å²) in [6.45, 7) is 2.76. The van der Waals surface area contributed by atoms with Crippen LogP contribution in [0.5, 0.6) is 0 Å². The van der Waals surface area contributed by atoms with Gasteiger partial charge in [-0.1, -0.05) is 0 Å². The predicted octanol–water partition coefficient (Wildman–Crippen LogP) is 2.53. The molecular formula is C13H15BrF3N5O. The summed E-state index contributed by atoms with van der Waals surface area (Å²) in [7, 11) is 1.15. The first-order chi connectivity index (χ1) is 10.7. The Morgan fingerprint density at radius 3 is 2.61 bits per heavy atom. The number of nitrogens with one attached hydrogen (secondary N) is 1. The monoisotopic (exact) mass is 393 g/mol. The van der Waals surface area contributed by atoms with Gasteiger partial charge in [0.2, 0.25) is 0 Å². The van der Waals surface area contributed by atoms with E-state index in [1.165, 1.54) is 0 Å². The minimum absolute atomic E-state index is 0.252. The number of alkyl halides is 3. The molecule has 0 unspecified atom stereocenters. The van der Waals surface area contributed by atoms with Crippen molar-refractivity contribution in [3.05, 3.63) is 33.8 Å². The summed E-state index contributed by atoms with van der Waals surface area (Å²) in [5.41, 5.74) is -0.348. The van der Waals surface area contributed by atoms with Crippen LogP contribution < -0.4 is 5.32 Å². The Labute approximate surface area is 138 Å². The van der Waals surface area contributed by atoms with Gasteiger partial charge in [0.25, 0.3) is 5.91 Å². The van der Waals surface area contributed by atoms with Crippen LogP contribution in [0, 0.1) is 6.92 Å². The number of hydrogen-bond donors (Lipinski definition) is 1. The summed E-state index contributed by atoms with van der Waals surface area (Å²) in [4.78, 5) is 11.8. The molecule has 0 aromatic carbocycles. The zero-order valence-electron chi connectivity index (χ0n) is 12.5. The molecule has 0 aliphatic carbocycles. The molecule has 2 heterocycles. The van der Waals surface area contributed by atoms with Gasteiger partial charge in [-0.15, -0.1) is 0 Å². The van der Waals surface area contributed by atoms with Gasteiger partial charge in [-0.2, -0.15) is 23.4 Å². The fourth-order valence-corrected chi connectivity index (χ4v) is 2.30. The van der Waals surface area contributed by atoms with E-state index < -0.39 is 17.8 Å². The van der Waals surface area contributed by atoms with Crippen LogP contribution in [0.25, 0.3) is 0 Å². The molecule has 1 N–H and O–H groups in total. The highest BCUT2D eigenvalue weighted by molar-refractivity contribution is 9.10. The Morgan fingerprint density at radius 2 is 2.09 bits per heavy atom. The highest BCUT2D eigenvalue weighted by Crippen LogP contribution is 2.29. The molecule has 6 nitrogen and oxygen atoms in total. The predicted molar refractivity (Wildman–Crippen MR) is 79.8 cm³/mol. The summed E-state index contributed by atoms with van der Waals surface area (Å²) in [5.74, 6) is -0.631. The third-order valence-electron chi connectivity index (χ3n) is 3.14. The molecule has 1 amide bonds. The van der Waals surface area contributed by atoms with E-state index in [4.69, 9.17) is 0 Å². The number of aryl methyl sites for hydroxylation is 3. The molecule has 0 bridgehead atoms. The van der Waals surface area contributed by atoms with Crippen molar-refractivity contribution in [3.8, 4) is 0 Å². The fourth-order valence-electron chi connectivity index (χ4n) is 1.99.